The Morgan fingerprint density at radius 1 is 0.944 bits per heavy atom. The first-order chi connectivity index (χ1) is 8.77. The standard InChI is InChI=1S/C8H7N9S/c9-7-10-12-14-16(7)5-3-1-2-4-6(5)17-8(18)11-13-15-17/h1-4H,(H2,9,10,14)(H,11,15,18). The summed E-state index contributed by atoms with van der Waals surface area (Å²) in [7, 11) is 0. The molecule has 3 rings (SSSR count). The van der Waals surface area contributed by atoms with Crippen LogP contribution in [0.15, 0.2) is 29.4 Å². The molecule has 18 heavy (non-hydrogen) atoms. The summed E-state index contributed by atoms with van der Waals surface area (Å²) in [6, 6.07) is 7.29. The average Bonchev–Trinajstić information content (AvgIpc) is 2.98. The van der Waals surface area contributed by atoms with Crippen molar-refractivity contribution < 1.29 is 0 Å². The zero-order chi connectivity index (χ0) is 12.5. The lowest BCUT2D eigenvalue weighted by atomic mass is 10.2. The molecule has 2 N–H and O–H groups in total. The fourth-order valence-corrected chi connectivity index (χ4v) is 1.71. The summed E-state index contributed by atoms with van der Waals surface area (Å²) in [5.74, 6) is 0.177. The normalized spacial score (nSPS) is 10.7. The van der Waals surface area contributed by atoms with Gasteiger partial charge in [-0.1, -0.05) is 17.2 Å². The number of hydrogen-bond acceptors (Lipinski definition) is 8. The topological polar surface area (TPSA) is 113 Å². The van der Waals surface area contributed by atoms with Gasteiger partial charge in [0, 0.05) is 0 Å². The van der Waals surface area contributed by atoms with Gasteiger partial charge >= 0.3 is 0 Å². The van der Waals surface area contributed by atoms with E-state index in [1.165, 1.54) is 9.36 Å². The van der Waals surface area contributed by atoms with Gasteiger partial charge in [-0.2, -0.15) is 9.36 Å². The lowest BCUT2D eigenvalue weighted by Crippen LogP contribution is -2.08. The Balaban J connectivity index is 2.24. The first-order valence-electron chi connectivity index (χ1n) is 4.88. The van der Waals surface area contributed by atoms with E-state index in [2.05, 4.69) is 43.7 Å². The van der Waals surface area contributed by atoms with Gasteiger partial charge in [-0.25, -0.2) is 0 Å². The van der Waals surface area contributed by atoms with Crippen LogP contribution in [0.25, 0.3) is 11.4 Å². The maximum Gasteiger partial charge on any atom is 0.245 e. The van der Waals surface area contributed by atoms with Gasteiger partial charge in [-0.3, -0.25) is 0 Å². The maximum atomic E-state index is 5.68. The van der Waals surface area contributed by atoms with Crippen LogP contribution in [0.5, 0.6) is 0 Å². The number of nitrogens with two attached hydrogens (primary N) is 1. The summed E-state index contributed by atoms with van der Waals surface area (Å²) in [5.41, 5.74) is 7.01. The number of hydrogen-bond donors (Lipinski definition) is 2. The van der Waals surface area contributed by atoms with Crippen LogP contribution in [-0.2, 0) is 0 Å². The molecule has 9 nitrogen and oxygen atoms in total. The van der Waals surface area contributed by atoms with Gasteiger partial charge in [-0.15, -0.1) is 17.7 Å². The lowest BCUT2D eigenvalue weighted by molar-refractivity contribution is 0.732. The quantitative estimate of drug-likeness (QED) is 0.598. The largest absolute Gasteiger partial charge is 0.366 e. The second kappa shape index (κ2) is 4.07. The molecule has 0 bridgehead atoms. The van der Waals surface area contributed by atoms with Crippen LogP contribution in [-0.4, -0.2) is 40.4 Å². The molecule has 0 saturated heterocycles. The molecule has 0 amide bonds. The van der Waals surface area contributed by atoms with Gasteiger partial charge in [0.1, 0.15) is 0 Å². The van der Waals surface area contributed by atoms with Crippen LogP contribution in [0.1, 0.15) is 0 Å². The predicted octanol–water partition coefficient (Wildman–Crippen LogP) is -0.491. The van der Waals surface area contributed by atoms with Crippen molar-refractivity contribution in [1.82, 2.24) is 40.4 Å². The van der Waals surface area contributed by atoms with Crippen molar-refractivity contribution in [2.24, 2.45) is 0 Å². The van der Waals surface area contributed by atoms with Crippen molar-refractivity contribution in [2.75, 3.05) is 5.73 Å². The second-order valence-corrected chi connectivity index (χ2v) is 3.73. The maximum absolute atomic E-state index is 5.68. The number of para-hydroxylation sites is 2. The minimum atomic E-state index is 0.177. The SMILES string of the molecule is Nc1nnnn1-c1ccccc1-n1nnnc1S. The fraction of sp³-hybridized carbons (Fsp3) is 0. The van der Waals surface area contributed by atoms with E-state index in [-0.39, 0.29) is 5.95 Å². The van der Waals surface area contributed by atoms with Crippen molar-refractivity contribution in [3.8, 4) is 11.4 Å². The number of nitrogen functional groups attached to an aromatic ring is 1. The molecule has 1 aromatic carbocycles. The molecule has 0 aliphatic carbocycles. The van der Waals surface area contributed by atoms with E-state index in [0.717, 1.165) is 0 Å². The smallest absolute Gasteiger partial charge is 0.245 e. The van der Waals surface area contributed by atoms with Gasteiger partial charge in [0.15, 0.2) is 0 Å². The minimum Gasteiger partial charge on any atom is -0.366 e. The lowest BCUT2D eigenvalue weighted by Gasteiger charge is -2.08. The number of nitrogens with zero attached hydrogens (tertiary/aromatic N) is 8. The van der Waals surface area contributed by atoms with Gasteiger partial charge in [0.2, 0.25) is 11.1 Å². The highest BCUT2D eigenvalue weighted by atomic mass is 32.1. The van der Waals surface area contributed by atoms with Crippen LogP contribution in [0.4, 0.5) is 5.95 Å². The molecule has 10 heteroatoms. The van der Waals surface area contributed by atoms with Crippen molar-refractivity contribution in [3.05, 3.63) is 24.3 Å². The number of anilines is 1. The molecule has 0 saturated carbocycles. The third kappa shape index (κ3) is 1.59. The van der Waals surface area contributed by atoms with E-state index in [9.17, 15) is 0 Å². The summed E-state index contributed by atoms with van der Waals surface area (Å²) >= 11 is 4.17. The van der Waals surface area contributed by atoms with Crippen molar-refractivity contribution in [1.29, 1.82) is 0 Å². The van der Waals surface area contributed by atoms with Crippen LogP contribution in [0.3, 0.4) is 0 Å². The number of rotatable bonds is 2. The highest BCUT2D eigenvalue weighted by Crippen LogP contribution is 2.20. The van der Waals surface area contributed by atoms with Gasteiger partial charge in [0.25, 0.3) is 0 Å². The number of aromatic nitrogens is 8. The Morgan fingerprint density at radius 2 is 1.56 bits per heavy atom. The summed E-state index contributed by atoms with van der Waals surface area (Å²) in [4.78, 5) is 0. The average molecular weight is 261 g/mol. The third-order valence-corrected chi connectivity index (χ3v) is 2.56. The molecule has 0 aliphatic rings. The molecule has 0 atom stereocenters. The van der Waals surface area contributed by atoms with E-state index >= 15 is 0 Å². The van der Waals surface area contributed by atoms with E-state index in [4.69, 9.17) is 5.73 Å². The van der Waals surface area contributed by atoms with Crippen molar-refractivity contribution in [2.45, 2.75) is 5.16 Å². The third-order valence-electron chi connectivity index (χ3n) is 2.28. The zero-order valence-corrected chi connectivity index (χ0v) is 9.81. The van der Waals surface area contributed by atoms with Crippen LogP contribution >= 0.6 is 12.6 Å². The van der Waals surface area contributed by atoms with Crippen LogP contribution in [0.2, 0.25) is 0 Å². The Labute approximate surface area is 106 Å². The summed E-state index contributed by atoms with van der Waals surface area (Å²) in [5, 5.41) is 22.4. The van der Waals surface area contributed by atoms with E-state index in [0.29, 0.717) is 16.5 Å². The Morgan fingerprint density at radius 3 is 2.11 bits per heavy atom. The highest BCUT2D eigenvalue weighted by Gasteiger charge is 2.13. The first-order valence-corrected chi connectivity index (χ1v) is 5.33. The molecule has 3 aromatic rings. The minimum absolute atomic E-state index is 0.177. The van der Waals surface area contributed by atoms with Crippen molar-refractivity contribution in [3.63, 3.8) is 0 Å². The second-order valence-electron chi connectivity index (χ2n) is 3.33. The summed E-state index contributed by atoms with van der Waals surface area (Å²) < 4.78 is 2.85. The molecular formula is C8H7N9S. The van der Waals surface area contributed by atoms with Crippen LogP contribution in [0, 0.1) is 0 Å². The molecule has 0 fully saturated rings. The summed E-state index contributed by atoms with van der Waals surface area (Å²) in [6.45, 7) is 0. The number of benzene rings is 1. The molecule has 2 heterocycles. The van der Waals surface area contributed by atoms with Gasteiger partial charge < -0.3 is 5.73 Å². The van der Waals surface area contributed by atoms with E-state index < -0.39 is 0 Å². The molecule has 0 unspecified atom stereocenters. The van der Waals surface area contributed by atoms with Gasteiger partial charge in [-0.05, 0) is 33.0 Å². The molecule has 0 aliphatic heterocycles. The predicted molar refractivity (Wildman–Crippen MR) is 63.5 cm³/mol. The molecule has 0 radical (unpaired) electrons. The van der Waals surface area contributed by atoms with Gasteiger partial charge in [0.05, 0.1) is 11.4 Å². The molecule has 2 aromatic heterocycles. The van der Waals surface area contributed by atoms with E-state index in [1.54, 1.807) is 6.07 Å². The monoisotopic (exact) mass is 261 g/mol. The molecule has 0 spiro atoms. The number of thiol groups is 1. The molecule has 90 valence electrons. The van der Waals surface area contributed by atoms with Crippen molar-refractivity contribution >= 4 is 18.6 Å². The fourth-order valence-electron chi connectivity index (χ4n) is 1.53. The van der Waals surface area contributed by atoms with E-state index in [1.807, 2.05) is 18.2 Å². The zero-order valence-electron chi connectivity index (χ0n) is 8.91. The Kier molecular flexibility index (Phi) is 2.41. The summed E-state index contributed by atoms with van der Waals surface area (Å²) in [6.07, 6.45) is 0. The number of tetrazole rings is 2. The highest BCUT2D eigenvalue weighted by molar-refractivity contribution is 7.80. The Hall–Kier alpha value is -2.49. The van der Waals surface area contributed by atoms with Crippen LogP contribution < -0.4 is 5.73 Å². The Bertz CT molecular complexity index is 628. The first kappa shape index (κ1) is 10.7. The molecular weight excluding hydrogens is 254 g/mol.